The van der Waals surface area contributed by atoms with E-state index >= 15 is 0 Å². The molecule has 0 spiro atoms. The number of rotatable bonds is 4. The number of hydrogen-bond donors (Lipinski definition) is 2. The zero-order valence-corrected chi connectivity index (χ0v) is 9.98. The van der Waals surface area contributed by atoms with E-state index in [2.05, 4.69) is 21.9 Å². The second kappa shape index (κ2) is 5.82. The Morgan fingerprint density at radius 2 is 2.16 bits per heavy atom. The molecule has 19 heavy (non-hydrogen) atoms. The molecule has 0 saturated heterocycles. The van der Waals surface area contributed by atoms with Crippen LogP contribution in [-0.2, 0) is 6.18 Å². The predicted molar refractivity (Wildman–Crippen MR) is 61.7 cm³/mol. The summed E-state index contributed by atoms with van der Waals surface area (Å²) in [5.41, 5.74) is 1.91. The first kappa shape index (κ1) is 15.1. The van der Waals surface area contributed by atoms with Crippen LogP contribution in [0.4, 0.5) is 17.6 Å². The number of alkyl halides is 3. The molecule has 0 amide bonds. The maximum atomic E-state index is 13.0. The van der Waals surface area contributed by atoms with Crippen molar-refractivity contribution in [2.24, 2.45) is 15.9 Å². The van der Waals surface area contributed by atoms with Gasteiger partial charge in [0.05, 0.1) is 5.75 Å². The molecule has 104 valence electrons. The molecule has 0 bridgehead atoms. The molecule has 6 nitrogen and oxygen atoms in total. The molecule has 0 radical (unpaired) electrons. The molecule has 1 aromatic rings. The molecule has 0 aliphatic heterocycles. The molecule has 0 atom stereocenters. The lowest BCUT2D eigenvalue weighted by Gasteiger charge is -2.07. The summed E-state index contributed by atoms with van der Waals surface area (Å²) in [6.07, 6.45) is -5.06. The number of nitrogens with zero attached hydrogens (tertiary/aromatic N) is 3. The zero-order valence-electron chi connectivity index (χ0n) is 9.16. The standard InChI is InChI=1S/C8H7F4N5OS/c1-14-17-3(13)2-19-7-15-5(8(10,11)12)4(9)6(18)16-7/h1-2H2,(H2,13,17)(H,15,16,18). The fourth-order valence-corrected chi connectivity index (χ4v) is 1.62. The van der Waals surface area contributed by atoms with Crippen molar-refractivity contribution in [2.45, 2.75) is 11.3 Å². The minimum absolute atomic E-state index is 0.0412. The average molecular weight is 297 g/mol. The van der Waals surface area contributed by atoms with Gasteiger partial charge in [-0.15, -0.1) is 5.10 Å². The monoisotopic (exact) mass is 297 g/mol. The maximum Gasteiger partial charge on any atom is 0.436 e. The van der Waals surface area contributed by atoms with Crippen molar-refractivity contribution in [1.82, 2.24) is 9.97 Å². The lowest BCUT2D eigenvalue weighted by atomic mass is 10.4. The van der Waals surface area contributed by atoms with E-state index in [4.69, 9.17) is 5.73 Å². The molecule has 1 rings (SSSR count). The van der Waals surface area contributed by atoms with Gasteiger partial charge < -0.3 is 5.73 Å². The van der Waals surface area contributed by atoms with Gasteiger partial charge in [-0.2, -0.15) is 22.7 Å². The van der Waals surface area contributed by atoms with Crippen LogP contribution in [0, 0.1) is 5.82 Å². The predicted octanol–water partition coefficient (Wildman–Crippen LogP) is 0.993. The third-order valence-corrected chi connectivity index (χ3v) is 2.57. The van der Waals surface area contributed by atoms with Gasteiger partial charge in [0.25, 0.3) is 5.56 Å². The van der Waals surface area contributed by atoms with Crippen LogP contribution in [0.2, 0.25) is 0 Å². The SMILES string of the molecule is C=NN=C(N)CSc1nc(C(F)(F)F)c(F)c(=O)[nH]1. The van der Waals surface area contributed by atoms with E-state index in [0.717, 1.165) is 0 Å². The summed E-state index contributed by atoms with van der Waals surface area (Å²) < 4.78 is 50.2. The Labute approximate surface area is 107 Å². The number of amidine groups is 1. The fraction of sp³-hybridized carbons (Fsp3) is 0.250. The van der Waals surface area contributed by atoms with Crippen molar-refractivity contribution >= 4 is 24.3 Å². The van der Waals surface area contributed by atoms with E-state index in [0.29, 0.717) is 11.8 Å². The Bertz CT molecular complexity index is 567. The van der Waals surface area contributed by atoms with Crippen molar-refractivity contribution in [2.75, 3.05) is 5.75 Å². The largest absolute Gasteiger partial charge is 0.436 e. The zero-order chi connectivity index (χ0) is 14.6. The fourth-order valence-electron chi connectivity index (χ4n) is 0.956. The van der Waals surface area contributed by atoms with Gasteiger partial charge in [-0.05, 0) is 0 Å². The van der Waals surface area contributed by atoms with Crippen molar-refractivity contribution in [3.63, 3.8) is 0 Å². The number of H-pyrrole nitrogens is 1. The van der Waals surface area contributed by atoms with Crippen LogP contribution < -0.4 is 11.3 Å². The first-order valence-corrected chi connectivity index (χ1v) is 5.52. The molecule has 1 aromatic heterocycles. The Balaban J connectivity index is 3.05. The van der Waals surface area contributed by atoms with E-state index in [-0.39, 0.29) is 11.6 Å². The topological polar surface area (TPSA) is 96.5 Å². The number of nitrogens with two attached hydrogens (primary N) is 1. The Morgan fingerprint density at radius 3 is 2.68 bits per heavy atom. The van der Waals surface area contributed by atoms with Gasteiger partial charge in [-0.3, -0.25) is 9.78 Å². The number of hydrogen-bond acceptors (Lipinski definition) is 5. The van der Waals surface area contributed by atoms with Crippen LogP contribution in [0.1, 0.15) is 5.69 Å². The van der Waals surface area contributed by atoms with Crippen LogP contribution >= 0.6 is 11.8 Å². The molecule has 0 unspecified atom stereocenters. The smallest absolute Gasteiger partial charge is 0.385 e. The Kier molecular flexibility index (Phi) is 4.64. The molecular weight excluding hydrogens is 290 g/mol. The van der Waals surface area contributed by atoms with Gasteiger partial charge in [0.15, 0.2) is 10.9 Å². The molecule has 1 heterocycles. The molecular formula is C8H7F4N5OS. The van der Waals surface area contributed by atoms with Gasteiger partial charge in [0.2, 0.25) is 5.82 Å². The number of aromatic nitrogens is 2. The summed E-state index contributed by atoms with van der Waals surface area (Å²) in [5.74, 6) is -2.11. The highest BCUT2D eigenvalue weighted by molar-refractivity contribution is 7.99. The second-order valence-corrected chi connectivity index (χ2v) is 4.02. The molecule has 0 aliphatic carbocycles. The van der Waals surface area contributed by atoms with Crippen LogP contribution in [0.3, 0.4) is 0 Å². The Morgan fingerprint density at radius 1 is 1.53 bits per heavy atom. The highest BCUT2D eigenvalue weighted by Gasteiger charge is 2.38. The molecule has 0 fully saturated rings. The van der Waals surface area contributed by atoms with Crippen LogP contribution in [0.5, 0.6) is 0 Å². The molecule has 0 saturated carbocycles. The lowest BCUT2D eigenvalue weighted by molar-refractivity contribution is -0.144. The normalized spacial score (nSPS) is 12.5. The summed E-state index contributed by atoms with van der Waals surface area (Å²) in [7, 11) is 0. The summed E-state index contributed by atoms with van der Waals surface area (Å²) in [6.45, 7) is 3.03. The van der Waals surface area contributed by atoms with Crippen molar-refractivity contribution in [1.29, 1.82) is 0 Å². The minimum atomic E-state index is -5.06. The first-order chi connectivity index (χ1) is 8.75. The van der Waals surface area contributed by atoms with Crippen molar-refractivity contribution < 1.29 is 17.6 Å². The van der Waals surface area contributed by atoms with Gasteiger partial charge in [0.1, 0.15) is 5.84 Å². The molecule has 0 aromatic carbocycles. The average Bonchev–Trinajstić information content (AvgIpc) is 2.29. The van der Waals surface area contributed by atoms with E-state index in [1.165, 1.54) is 0 Å². The maximum absolute atomic E-state index is 13.0. The Hall–Kier alpha value is -1.91. The van der Waals surface area contributed by atoms with E-state index in [1.807, 2.05) is 4.98 Å². The van der Waals surface area contributed by atoms with Crippen molar-refractivity contribution in [3.05, 3.63) is 21.9 Å². The third kappa shape index (κ3) is 4.05. The van der Waals surface area contributed by atoms with Crippen LogP contribution in [0.25, 0.3) is 0 Å². The summed E-state index contributed by atoms with van der Waals surface area (Å²) in [4.78, 5) is 15.8. The van der Waals surface area contributed by atoms with Gasteiger partial charge in [-0.25, -0.2) is 4.98 Å². The van der Waals surface area contributed by atoms with Gasteiger partial charge >= 0.3 is 6.18 Å². The quantitative estimate of drug-likeness (QED) is 0.216. The highest BCUT2D eigenvalue weighted by Crippen LogP contribution is 2.29. The number of thioether (sulfide) groups is 1. The van der Waals surface area contributed by atoms with Gasteiger partial charge in [0, 0.05) is 6.72 Å². The van der Waals surface area contributed by atoms with E-state index in [1.54, 1.807) is 0 Å². The van der Waals surface area contributed by atoms with Crippen LogP contribution in [0.15, 0.2) is 20.2 Å². The molecule has 3 N–H and O–H groups in total. The molecule has 11 heteroatoms. The van der Waals surface area contributed by atoms with Crippen LogP contribution in [-0.4, -0.2) is 28.3 Å². The molecule has 0 aliphatic rings. The number of halogens is 4. The van der Waals surface area contributed by atoms with E-state index < -0.39 is 28.4 Å². The summed E-state index contributed by atoms with van der Waals surface area (Å²) >= 11 is 0.645. The second-order valence-electron chi connectivity index (χ2n) is 3.05. The summed E-state index contributed by atoms with van der Waals surface area (Å²) in [5, 5.41) is 6.00. The number of nitrogens with one attached hydrogen (secondary N) is 1. The van der Waals surface area contributed by atoms with Gasteiger partial charge in [-0.1, -0.05) is 11.8 Å². The summed E-state index contributed by atoms with van der Waals surface area (Å²) in [6, 6.07) is 0. The third-order valence-electron chi connectivity index (χ3n) is 1.67. The number of aromatic amines is 1. The minimum Gasteiger partial charge on any atom is -0.385 e. The van der Waals surface area contributed by atoms with E-state index in [9.17, 15) is 22.4 Å². The lowest BCUT2D eigenvalue weighted by Crippen LogP contribution is -2.23. The van der Waals surface area contributed by atoms with Crippen molar-refractivity contribution in [3.8, 4) is 0 Å². The highest BCUT2D eigenvalue weighted by atomic mass is 32.2. The first-order valence-electron chi connectivity index (χ1n) is 4.53.